The van der Waals surface area contributed by atoms with Crippen LogP contribution in [0.3, 0.4) is 0 Å². The van der Waals surface area contributed by atoms with Crippen LogP contribution >= 0.6 is 23.2 Å². The van der Waals surface area contributed by atoms with Crippen molar-refractivity contribution in [1.82, 2.24) is 29.4 Å². The number of aromatic nitrogens is 5. The van der Waals surface area contributed by atoms with Gasteiger partial charge in [0, 0.05) is 64.3 Å². The minimum absolute atomic E-state index is 0.120. The lowest BCUT2D eigenvalue weighted by Gasteiger charge is -2.19. The van der Waals surface area contributed by atoms with Crippen LogP contribution in [0.15, 0.2) is 54.9 Å². The Balaban J connectivity index is 1.42. The highest BCUT2D eigenvalue weighted by Gasteiger charge is 2.35. The molecular weight excluding hydrogens is 535 g/mol. The Morgan fingerprint density at radius 3 is 2.54 bits per heavy atom. The Morgan fingerprint density at radius 1 is 1.13 bits per heavy atom. The van der Waals surface area contributed by atoms with E-state index in [9.17, 15) is 4.79 Å². The summed E-state index contributed by atoms with van der Waals surface area (Å²) in [7, 11) is 3.59. The number of para-hydroxylation sites is 1. The second kappa shape index (κ2) is 12.0. The van der Waals surface area contributed by atoms with Crippen LogP contribution in [0.2, 0.25) is 10.3 Å². The Kier molecular flexibility index (Phi) is 8.47. The SMILES string of the molecule is COCCN1C[C@@H](CC(=O)Cc2c(C)c(-c3cnn(C)c3)nn2-c2ccccc2)[C@H](c2cc(Cl)nc(Cl)c2)C1. The maximum absolute atomic E-state index is 13.7. The van der Waals surface area contributed by atoms with Gasteiger partial charge in [0.2, 0.25) is 0 Å². The lowest BCUT2D eigenvalue weighted by Crippen LogP contribution is -2.25. The molecule has 0 radical (unpaired) electrons. The molecule has 10 heteroatoms. The molecule has 8 nitrogen and oxygen atoms in total. The van der Waals surface area contributed by atoms with Gasteiger partial charge < -0.3 is 9.64 Å². The van der Waals surface area contributed by atoms with Crippen LogP contribution < -0.4 is 0 Å². The standard InChI is InChI=1S/C29H32Cl2N6O2/c1-19-26(37(23-7-5-4-6-8-23)34-29(19)22-15-32-35(2)16-22)14-24(38)11-21-17-36(9-10-39-3)18-25(21)20-12-27(30)33-28(31)13-20/h4-8,12-13,15-16,21,25H,9-11,14,17-18H2,1-3H3/t21-,25+/m1/s1. The van der Waals surface area contributed by atoms with Gasteiger partial charge in [0.15, 0.2) is 0 Å². The maximum Gasteiger partial charge on any atom is 0.139 e. The number of likely N-dealkylation sites (tertiary alicyclic amines) is 1. The number of carbonyl (C=O) groups is 1. The topological polar surface area (TPSA) is 78.1 Å². The summed E-state index contributed by atoms with van der Waals surface area (Å²) < 4.78 is 8.97. The molecule has 4 heterocycles. The van der Waals surface area contributed by atoms with E-state index in [2.05, 4.69) is 15.0 Å². The smallest absolute Gasteiger partial charge is 0.139 e. The molecule has 1 aliphatic rings. The van der Waals surface area contributed by atoms with Crippen molar-refractivity contribution in [2.45, 2.75) is 25.7 Å². The van der Waals surface area contributed by atoms with E-state index in [0.717, 1.165) is 53.4 Å². The number of rotatable bonds is 10. The number of benzene rings is 1. The summed E-state index contributed by atoms with van der Waals surface area (Å²) in [6, 6.07) is 13.7. The first-order chi connectivity index (χ1) is 18.8. The minimum atomic E-state index is 0.120. The first-order valence-electron chi connectivity index (χ1n) is 13.0. The number of methoxy groups -OCH3 is 1. The average Bonchev–Trinajstić information content (AvgIpc) is 3.60. The highest BCUT2D eigenvalue weighted by atomic mass is 35.5. The van der Waals surface area contributed by atoms with Crippen molar-refractivity contribution in [1.29, 1.82) is 0 Å². The lowest BCUT2D eigenvalue weighted by atomic mass is 9.85. The molecule has 204 valence electrons. The predicted octanol–water partition coefficient (Wildman–Crippen LogP) is 5.15. The highest BCUT2D eigenvalue weighted by Crippen LogP contribution is 2.37. The van der Waals surface area contributed by atoms with Crippen molar-refractivity contribution in [3.05, 3.63) is 82.0 Å². The summed E-state index contributed by atoms with van der Waals surface area (Å²) in [6.45, 7) is 5.08. The van der Waals surface area contributed by atoms with Gasteiger partial charge in [-0.3, -0.25) is 9.48 Å². The third kappa shape index (κ3) is 6.25. The normalized spacial score (nSPS) is 17.7. The summed E-state index contributed by atoms with van der Waals surface area (Å²) in [5.74, 6) is 0.410. The van der Waals surface area contributed by atoms with Crippen LogP contribution in [-0.4, -0.2) is 68.6 Å². The molecule has 2 atom stereocenters. The van der Waals surface area contributed by atoms with Crippen LogP contribution in [0, 0.1) is 12.8 Å². The molecule has 5 rings (SSSR count). The van der Waals surface area contributed by atoms with Crippen molar-refractivity contribution < 1.29 is 9.53 Å². The fraction of sp³-hybridized carbons (Fsp3) is 0.379. The molecule has 0 saturated carbocycles. The Hall–Kier alpha value is -3.04. The molecule has 4 aromatic rings. The Bertz CT molecular complexity index is 1430. The zero-order chi connectivity index (χ0) is 27.5. The molecule has 3 aromatic heterocycles. The van der Waals surface area contributed by atoms with E-state index in [0.29, 0.717) is 23.3 Å². The van der Waals surface area contributed by atoms with Crippen molar-refractivity contribution in [2.24, 2.45) is 13.0 Å². The largest absolute Gasteiger partial charge is 0.383 e. The molecule has 1 aromatic carbocycles. The van der Waals surface area contributed by atoms with Gasteiger partial charge in [-0.25, -0.2) is 9.67 Å². The van der Waals surface area contributed by atoms with Gasteiger partial charge in [-0.15, -0.1) is 0 Å². The number of halogens is 2. The first kappa shape index (κ1) is 27.5. The number of ketones is 1. The molecule has 1 fully saturated rings. The van der Waals surface area contributed by atoms with E-state index in [1.165, 1.54) is 0 Å². The van der Waals surface area contributed by atoms with E-state index in [-0.39, 0.29) is 24.0 Å². The minimum Gasteiger partial charge on any atom is -0.383 e. The Morgan fingerprint density at radius 2 is 1.87 bits per heavy atom. The number of hydrogen-bond donors (Lipinski definition) is 0. The number of nitrogens with zero attached hydrogens (tertiary/aromatic N) is 6. The monoisotopic (exact) mass is 566 g/mol. The van der Waals surface area contributed by atoms with Crippen LogP contribution in [0.25, 0.3) is 16.9 Å². The first-order valence-corrected chi connectivity index (χ1v) is 13.8. The number of aryl methyl sites for hydroxylation is 1. The highest BCUT2D eigenvalue weighted by molar-refractivity contribution is 6.32. The van der Waals surface area contributed by atoms with Gasteiger partial charge >= 0.3 is 0 Å². The van der Waals surface area contributed by atoms with E-state index in [1.807, 2.05) is 67.3 Å². The zero-order valence-corrected chi connectivity index (χ0v) is 23.9. The third-order valence-electron chi connectivity index (χ3n) is 7.42. The molecule has 0 unspecified atom stereocenters. The second-order valence-corrected chi connectivity index (χ2v) is 10.9. The van der Waals surface area contributed by atoms with E-state index in [1.54, 1.807) is 18.0 Å². The van der Waals surface area contributed by atoms with Crippen molar-refractivity contribution >= 4 is 29.0 Å². The summed E-state index contributed by atoms with van der Waals surface area (Å²) in [5.41, 5.74) is 5.57. The number of Topliss-reactive ketones (excluding diaryl/α,β-unsaturated/α-hetero) is 1. The molecule has 0 N–H and O–H groups in total. The number of ether oxygens (including phenoxy) is 1. The van der Waals surface area contributed by atoms with E-state index >= 15 is 0 Å². The van der Waals surface area contributed by atoms with Crippen molar-refractivity contribution in [3.63, 3.8) is 0 Å². The van der Waals surface area contributed by atoms with Gasteiger partial charge in [-0.1, -0.05) is 41.4 Å². The number of carbonyl (C=O) groups excluding carboxylic acids is 1. The van der Waals surface area contributed by atoms with Crippen molar-refractivity contribution in [2.75, 3.05) is 33.4 Å². The maximum atomic E-state index is 13.7. The van der Waals surface area contributed by atoms with Gasteiger partial charge in [0.25, 0.3) is 0 Å². The average molecular weight is 568 g/mol. The second-order valence-electron chi connectivity index (χ2n) is 10.2. The molecule has 39 heavy (non-hydrogen) atoms. The van der Waals surface area contributed by atoms with Crippen LogP contribution in [0.1, 0.15) is 29.2 Å². The lowest BCUT2D eigenvalue weighted by molar-refractivity contribution is -0.119. The molecule has 0 aliphatic carbocycles. The molecule has 1 saturated heterocycles. The van der Waals surface area contributed by atoms with E-state index < -0.39 is 0 Å². The zero-order valence-electron chi connectivity index (χ0n) is 22.3. The fourth-order valence-corrected chi connectivity index (χ4v) is 6.01. The number of hydrogen-bond acceptors (Lipinski definition) is 6. The van der Waals surface area contributed by atoms with Crippen molar-refractivity contribution in [3.8, 4) is 16.9 Å². The molecule has 0 amide bonds. The summed E-state index contributed by atoms with van der Waals surface area (Å²) in [5, 5.41) is 9.97. The molecular formula is C29H32Cl2N6O2. The van der Waals surface area contributed by atoms with E-state index in [4.69, 9.17) is 33.0 Å². The van der Waals surface area contributed by atoms with Crippen LogP contribution in [-0.2, 0) is 23.0 Å². The fourth-order valence-electron chi connectivity index (χ4n) is 5.54. The van der Waals surface area contributed by atoms with Gasteiger partial charge in [0.05, 0.1) is 29.9 Å². The summed E-state index contributed by atoms with van der Waals surface area (Å²) in [6.07, 6.45) is 4.47. The quantitative estimate of drug-likeness (QED) is 0.247. The summed E-state index contributed by atoms with van der Waals surface area (Å²) in [4.78, 5) is 20.2. The third-order valence-corrected chi connectivity index (χ3v) is 7.81. The summed E-state index contributed by atoms with van der Waals surface area (Å²) >= 11 is 12.5. The predicted molar refractivity (Wildman–Crippen MR) is 153 cm³/mol. The van der Waals surface area contributed by atoms with Crippen LogP contribution in [0.5, 0.6) is 0 Å². The number of pyridine rings is 1. The molecule has 0 spiro atoms. The van der Waals surface area contributed by atoms with Gasteiger partial charge in [-0.2, -0.15) is 10.2 Å². The molecule has 1 aliphatic heterocycles. The van der Waals surface area contributed by atoms with Crippen LogP contribution in [0.4, 0.5) is 0 Å². The molecule has 0 bridgehead atoms. The Labute approximate surface area is 238 Å². The van der Waals surface area contributed by atoms with Gasteiger partial charge in [0.1, 0.15) is 16.1 Å². The van der Waals surface area contributed by atoms with Gasteiger partial charge in [-0.05, 0) is 48.2 Å².